The van der Waals surface area contributed by atoms with Gasteiger partial charge in [0.05, 0.1) is 12.7 Å². The minimum Gasteiger partial charge on any atom is -0.508 e. The van der Waals surface area contributed by atoms with Crippen LogP contribution >= 0.6 is 0 Å². The number of hydrogen-bond acceptors (Lipinski definition) is 5. The van der Waals surface area contributed by atoms with Crippen LogP contribution in [0.4, 0.5) is 5.82 Å². The van der Waals surface area contributed by atoms with E-state index in [0.717, 1.165) is 42.8 Å². The maximum atomic E-state index is 9.68. The number of nitrogens with zero attached hydrogens (tertiary/aromatic N) is 2. The molecular formula is C15H19N3O2. The fourth-order valence-electron chi connectivity index (χ4n) is 2.57. The van der Waals surface area contributed by atoms with E-state index in [4.69, 9.17) is 4.74 Å². The van der Waals surface area contributed by atoms with Crippen molar-refractivity contribution in [2.75, 3.05) is 38.2 Å². The number of anilines is 1. The minimum absolute atomic E-state index is 0.170. The zero-order chi connectivity index (χ0) is 13.9. The largest absolute Gasteiger partial charge is 0.508 e. The van der Waals surface area contributed by atoms with Crippen molar-refractivity contribution < 1.29 is 9.84 Å². The second-order valence-electron chi connectivity index (χ2n) is 5.12. The van der Waals surface area contributed by atoms with Crippen LogP contribution in [0.2, 0.25) is 0 Å². The molecule has 0 spiro atoms. The second kappa shape index (κ2) is 5.64. The molecule has 1 saturated heterocycles. The first-order valence-corrected chi connectivity index (χ1v) is 6.85. The van der Waals surface area contributed by atoms with Gasteiger partial charge in [0.15, 0.2) is 0 Å². The van der Waals surface area contributed by atoms with E-state index in [1.807, 2.05) is 19.2 Å². The zero-order valence-electron chi connectivity index (χ0n) is 11.5. The van der Waals surface area contributed by atoms with Gasteiger partial charge in [0.2, 0.25) is 0 Å². The first-order valence-electron chi connectivity index (χ1n) is 6.85. The van der Waals surface area contributed by atoms with Gasteiger partial charge >= 0.3 is 0 Å². The van der Waals surface area contributed by atoms with Crippen LogP contribution in [0.5, 0.6) is 5.75 Å². The van der Waals surface area contributed by atoms with Crippen molar-refractivity contribution in [3.63, 3.8) is 0 Å². The summed E-state index contributed by atoms with van der Waals surface area (Å²) in [5, 5.41) is 15.0. The van der Waals surface area contributed by atoms with Gasteiger partial charge in [0.25, 0.3) is 0 Å². The summed E-state index contributed by atoms with van der Waals surface area (Å²) in [6.07, 6.45) is 1.97. The van der Waals surface area contributed by atoms with Crippen LogP contribution < -0.4 is 10.2 Å². The Morgan fingerprint density at radius 1 is 1.45 bits per heavy atom. The molecule has 106 valence electrons. The van der Waals surface area contributed by atoms with Crippen LogP contribution in [0.15, 0.2) is 30.5 Å². The van der Waals surface area contributed by atoms with E-state index < -0.39 is 0 Å². The molecule has 1 aromatic carbocycles. The molecule has 0 amide bonds. The van der Waals surface area contributed by atoms with Crippen molar-refractivity contribution in [3.8, 4) is 5.75 Å². The Labute approximate surface area is 118 Å². The number of phenols is 1. The predicted molar refractivity (Wildman–Crippen MR) is 79.3 cm³/mol. The lowest BCUT2D eigenvalue weighted by atomic mass is 10.1. The predicted octanol–water partition coefficient (Wildman–Crippen LogP) is 1.36. The smallest absolute Gasteiger partial charge is 0.136 e. The molecule has 3 rings (SSSR count). The maximum absolute atomic E-state index is 9.68. The van der Waals surface area contributed by atoms with E-state index in [-0.39, 0.29) is 11.9 Å². The summed E-state index contributed by atoms with van der Waals surface area (Å²) >= 11 is 0. The summed E-state index contributed by atoms with van der Waals surface area (Å²) in [6, 6.07) is 7.31. The Morgan fingerprint density at radius 3 is 3.15 bits per heavy atom. The molecule has 2 aromatic rings. The topological polar surface area (TPSA) is 57.6 Å². The summed E-state index contributed by atoms with van der Waals surface area (Å²) in [7, 11) is 2.00. The van der Waals surface area contributed by atoms with Gasteiger partial charge in [-0.2, -0.15) is 0 Å². The maximum Gasteiger partial charge on any atom is 0.136 e. The van der Waals surface area contributed by atoms with Gasteiger partial charge in [-0.05, 0) is 23.6 Å². The molecule has 0 radical (unpaired) electrons. The summed E-state index contributed by atoms with van der Waals surface area (Å²) in [6.45, 7) is 3.30. The van der Waals surface area contributed by atoms with Gasteiger partial charge < -0.3 is 20.1 Å². The Balaban J connectivity index is 1.86. The standard InChI is InChI=1S/C15H19N3O2/c1-18(10-13-9-16-6-7-20-13)15-14-8-12(19)3-2-11(14)4-5-17-15/h2-5,8,13,16,19H,6-7,9-10H2,1H3. The van der Waals surface area contributed by atoms with Crippen LogP contribution in [0.25, 0.3) is 10.8 Å². The number of benzene rings is 1. The number of rotatable bonds is 3. The lowest BCUT2D eigenvalue weighted by Gasteiger charge is -2.29. The van der Waals surface area contributed by atoms with Crippen LogP contribution in [-0.2, 0) is 4.74 Å². The molecule has 0 bridgehead atoms. The SMILES string of the molecule is CN(CC1CNCCO1)c1nccc2ccc(O)cc12. The quantitative estimate of drug-likeness (QED) is 0.884. The molecule has 5 heteroatoms. The monoisotopic (exact) mass is 273 g/mol. The molecule has 1 aromatic heterocycles. The van der Waals surface area contributed by atoms with E-state index >= 15 is 0 Å². The number of aromatic nitrogens is 1. The van der Waals surface area contributed by atoms with Crippen LogP contribution in [0, 0.1) is 0 Å². The molecule has 0 aliphatic carbocycles. The Bertz CT molecular complexity index is 597. The van der Waals surface area contributed by atoms with E-state index in [9.17, 15) is 5.11 Å². The first kappa shape index (κ1) is 13.1. The third-order valence-electron chi connectivity index (χ3n) is 3.57. The van der Waals surface area contributed by atoms with Crippen molar-refractivity contribution in [2.24, 2.45) is 0 Å². The molecule has 0 saturated carbocycles. The molecule has 1 aliphatic rings. The highest BCUT2D eigenvalue weighted by atomic mass is 16.5. The number of hydrogen-bond donors (Lipinski definition) is 2. The van der Waals surface area contributed by atoms with Crippen molar-refractivity contribution in [2.45, 2.75) is 6.10 Å². The molecule has 20 heavy (non-hydrogen) atoms. The molecule has 1 fully saturated rings. The molecular weight excluding hydrogens is 254 g/mol. The van der Waals surface area contributed by atoms with E-state index in [1.54, 1.807) is 18.3 Å². The van der Waals surface area contributed by atoms with E-state index in [1.165, 1.54) is 0 Å². The average molecular weight is 273 g/mol. The van der Waals surface area contributed by atoms with E-state index in [0.29, 0.717) is 0 Å². The van der Waals surface area contributed by atoms with Crippen molar-refractivity contribution in [1.29, 1.82) is 0 Å². The molecule has 1 atom stereocenters. The number of nitrogens with one attached hydrogen (secondary N) is 1. The number of ether oxygens (including phenoxy) is 1. The summed E-state index contributed by atoms with van der Waals surface area (Å²) in [4.78, 5) is 6.54. The number of phenolic OH excluding ortho intramolecular Hbond substituents is 1. The van der Waals surface area contributed by atoms with Gasteiger partial charge in [-0.3, -0.25) is 0 Å². The lowest BCUT2D eigenvalue weighted by molar-refractivity contribution is 0.0339. The van der Waals surface area contributed by atoms with Crippen molar-refractivity contribution in [3.05, 3.63) is 30.5 Å². The van der Waals surface area contributed by atoms with E-state index in [2.05, 4.69) is 15.2 Å². The summed E-state index contributed by atoms with van der Waals surface area (Å²) < 4.78 is 5.72. The number of pyridine rings is 1. The fourth-order valence-corrected chi connectivity index (χ4v) is 2.57. The minimum atomic E-state index is 0.170. The van der Waals surface area contributed by atoms with Gasteiger partial charge in [0, 0.05) is 38.3 Å². The molecule has 1 unspecified atom stereocenters. The third kappa shape index (κ3) is 2.69. The van der Waals surface area contributed by atoms with Crippen LogP contribution in [0.1, 0.15) is 0 Å². The molecule has 2 N–H and O–H groups in total. The highest BCUT2D eigenvalue weighted by Crippen LogP contribution is 2.27. The van der Waals surface area contributed by atoms with Gasteiger partial charge in [-0.15, -0.1) is 0 Å². The van der Waals surface area contributed by atoms with Crippen LogP contribution in [-0.4, -0.2) is 49.5 Å². The lowest BCUT2D eigenvalue weighted by Crippen LogP contribution is -2.44. The zero-order valence-corrected chi connectivity index (χ0v) is 11.5. The highest BCUT2D eigenvalue weighted by Gasteiger charge is 2.17. The van der Waals surface area contributed by atoms with Crippen molar-refractivity contribution >= 4 is 16.6 Å². The summed E-state index contributed by atoms with van der Waals surface area (Å²) in [5.41, 5.74) is 0. The third-order valence-corrected chi connectivity index (χ3v) is 3.57. The molecule has 2 heterocycles. The van der Waals surface area contributed by atoms with Gasteiger partial charge in [-0.1, -0.05) is 6.07 Å². The Morgan fingerprint density at radius 2 is 2.35 bits per heavy atom. The fraction of sp³-hybridized carbons (Fsp3) is 0.400. The summed E-state index contributed by atoms with van der Waals surface area (Å²) in [5.74, 6) is 1.13. The van der Waals surface area contributed by atoms with Crippen molar-refractivity contribution in [1.82, 2.24) is 10.3 Å². The molecule has 1 aliphatic heterocycles. The number of morpholine rings is 1. The molecule has 5 nitrogen and oxygen atoms in total. The Kier molecular flexibility index (Phi) is 3.71. The number of aromatic hydroxyl groups is 1. The number of fused-ring (bicyclic) bond motifs is 1. The Hall–Kier alpha value is -1.85. The first-order chi connectivity index (χ1) is 9.74. The van der Waals surface area contributed by atoms with Gasteiger partial charge in [-0.25, -0.2) is 4.98 Å². The average Bonchev–Trinajstić information content (AvgIpc) is 2.47. The van der Waals surface area contributed by atoms with Crippen LogP contribution in [0.3, 0.4) is 0 Å². The second-order valence-corrected chi connectivity index (χ2v) is 5.12. The van der Waals surface area contributed by atoms with Gasteiger partial charge in [0.1, 0.15) is 11.6 Å². The number of likely N-dealkylation sites (N-methyl/N-ethyl adjacent to an activating group) is 1. The normalized spacial score (nSPS) is 19.1. The highest BCUT2D eigenvalue weighted by molar-refractivity contribution is 5.93.